The van der Waals surface area contributed by atoms with Crippen LogP contribution in [0.1, 0.15) is 5.69 Å². The number of aromatic nitrogens is 2. The quantitative estimate of drug-likeness (QED) is 0.529. The molecule has 1 aromatic rings. The van der Waals surface area contributed by atoms with E-state index in [4.69, 9.17) is 0 Å². The summed E-state index contributed by atoms with van der Waals surface area (Å²) < 4.78 is 0. The minimum Gasteiger partial charge on any atom is -0.348 e. The van der Waals surface area contributed by atoms with E-state index in [1.54, 1.807) is 12.5 Å². The van der Waals surface area contributed by atoms with E-state index in [1.807, 2.05) is 0 Å². The number of imidazole rings is 1. The number of hydrogen-bond acceptors (Lipinski definition) is 4. The molecule has 2 heterocycles. The van der Waals surface area contributed by atoms with Gasteiger partial charge in [0.25, 0.3) is 0 Å². The van der Waals surface area contributed by atoms with Gasteiger partial charge in [-0.3, -0.25) is 25.2 Å². The van der Waals surface area contributed by atoms with Crippen molar-refractivity contribution in [2.75, 3.05) is 6.54 Å². The number of carbonyl (C=O) groups excluding carboxylic acids is 2. The van der Waals surface area contributed by atoms with Crippen LogP contribution in [0.15, 0.2) is 17.5 Å². The van der Waals surface area contributed by atoms with Crippen molar-refractivity contribution in [1.29, 1.82) is 0 Å². The van der Waals surface area contributed by atoms with Crippen molar-refractivity contribution in [1.82, 2.24) is 20.6 Å². The Morgan fingerprint density at radius 1 is 1.27 bits per heavy atom. The Bertz CT molecular complexity index is 391. The van der Waals surface area contributed by atoms with Crippen LogP contribution in [0.25, 0.3) is 0 Å². The molecule has 15 heavy (non-hydrogen) atoms. The Hall–Kier alpha value is -2.18. The van der Waals surface area contributed by atoms with Crippen LogP contribution in [-0.2, 0) is 16.0 Å². The Morgan fingerprint density at radius 3 is 2.60 bits per heavy atom. The van der Waals surface area contributed by atoms with Crippen LogP contribution in [0.3, 0.4) is 0 Å². The van der Waals surface area contributed by atoms with Crippen molar-refractivity contribution < 1.29 is 9.59 Å². The number of guanidine groups is 1. The first-order valence-corrected chi connectivity index (χ1v) is 4.40. The molecule has 78 valence electrons. The molecule has 7 heteroatoms. The molecule has 0 spiro atoms. The maximum absolute atomic E-state index is 10.8. The van der Waals surface area contributed by atoms with E-state index in [2.05, 4.69) is 25.6 Å². The highest BCUT2D eigenvalue weighted by Crippen LogP contribution is 1.93. The van der Waals surface area contributed by atoms with Gasteiger partial charge in [-0.25, -0.2) is 4.98 Å². The largest absolute Gasteiger partial charge is 0.348 e. The van der Waals surface area contributed by atoms with Gasteiger partial charge in [-0.15, -0.1) is 0 Å². The van der Waals surface area contributed by atoms with Crippen LogP contribution in [0.4, 0.5) is 0 Å². The van der Waals surface area contributed by atoms with Gasteiger partial charge >= 0.3 is 11.8 Å². The number of nitrogens with one attached hydrogen (secondary N) is 3. The number of aromatic amines is 1. The number of nitrogens with zero attached hydrogens (tertiary/aromatic N) is 2. The van der Waals surface area contributed by atoms with Crippen molar-refractivity contribution in [3.8, 4) is 0 Å². The SMILES string of the molecule is O=C1NC(=NCCc2cnc[nH]2)NC1=O. The van der Waals surface area contributed by atoms with E-state index in [0.717, 1.165) is 5.69 Å². The first-order valence-electron chi connectivity index (χ1n) is 4.40. The van der Waals surface area contributed by atoms with E-state index in [0.29, 0.717) is 13.0 Å². The zero-order chi connectivity index (χ0) is 10.7. The molecule has 1 aliphatic heterocycles. The third kappa shape index (κ3) is 2.19. The summed E-state index contributed by atoms with van der Waals surface area (Å²) in [4.78, 5) is 32.3. The van der Waals surface area contributed by atoms with Crippen molar-refractivity contribution >= 4 is 17.8 Å². The molecule has 1 fully saturated rings. The lowest BCUT2D eigenvalue weighted by molar-refractivity contribution is -0.135. The first-order chi connectivity index (χ1) is 7.25. The summed E-state index contributed by atoms with van der Waals surface area (Å²) >= 11 is 0. The fourth-order valence-corrected chi connectivity index (χ4v) is 1.15. The third-order valence-electron chi connectivity index (χ3n) is 1.88. The maximum Gasteiger partial charge on any atom is 0.316 e. The Morgan fingerprint density at radius 2 is 2.00 bits per heavy atom. The topological polar surface area (TPSA) is 99.2 Å². The van der Waals surface area contributed by atoms with E-state index in [1.165, 1.54) is 0 Å². The highest BCUT2D eigenvalue weighted by molar-refractivity contribution is 6.45. The van der Waals surface area contributed by atoms with Gasteiger partial charge < -0.3 is 4.98 Å². The van der Waals surface area contributed by atoms with Gasteiger partial charge in [0.15, 0.2) is 0 Å². The highest BCUT2D eigenvalue weighted by atomic mass is 16.2. The summed E-state index contributed by atoms with van der Waals surface area (Å²) in [6.07, 6.45) is 3.96. The van der Waals surface area contributed by atoms with E-state index in [-0.39, 0.29) is 5.96 Å². The zero-order valence-electron chi connectivity index (χ0n) is 7.78. The van der Waals surface area contributed by atoms with Crippen LogP contribution in [0.2, 0.25) is 0 Å². The van der Waals surface area contributed by atoms with Crippen LogP contribution in [-0.4, -0.2) is 34.3 Å². The Kier molecular flexibility index (Phi) is 2.44. The third-order valence-corrected chi connectivity index (χ3v) is 1.88. The van der Waals surface area contributed by atoms with E-state index >= 15 is 0 Å². The fraction of sp³-hybridized carbons (Fsp3) is 0.250. The number of hydrogen-bond donors (Lipinski definition) is 3. The van der Waals surface area contributed by atoms with Crippen LogP contribution in [0, 0.1) is 0 Å². The lowest BCUT2D eigenvalue weighted by Gasteiger charge is -1.95. The molecular formula is C8H9N5O2. The second kappa shape index (κ2) is 3.91. The molecule has 3 N–H and O–H groups in total. The molecule has 7 nitrogen and oxygen atoms in total. The Balaban J connectivity index is 1.85. The molecule has 1 aliphatic rings. The molecule has 2 amide bonds. The number of rotatable bonds is 3. The van der Waals surface area contributed by atoms with Gasteiger partial charge in [-0.1, -0.05) is 0 Å². The molecule has 0 aliphatic carbocycles. The minimum absolute atomic E-state index is 0.213. The van der Waals surface area contributed by atoms with Crippen molar-refractivity contribution in [2.45, 2.75) is 6.42 Å². The molecule has 0 atom stereocenters. The van der Waals surface area contributed by atoms with Crippen molar-refractivity contribution in [2.24, 2.45) is 4.99 Å². The second-order valence-corrected chi connectivity index (χ2v) is 2.97. The average Bonchev–Trinajstić information content (AvgIpc) is 2.79. The summed E-state index contributed by atoms with van der Waals surface area (Å²) in [5.74, 6) is -1.13. The number of aliphatic imine (C=N–C) groups is 1. The minimum atomic E-state index is -0.671. The van der Waals surface area contributed by atoms with Crippen LogP contribution < -0.4 is 10.6 Å². The molecule has 2 rings (SSSR count). The summed E-state index contributed by atoms with van der Waals surface area (Å²) in [7, 11) is 0. The van der Waals surface area contributed by atoms with Crippen molar-refractivity contribution in [3.05, 3.63) is 18.2 Å². The summed E-state index contributed by atoms with van der Waals surface area (Å²) in [5.41, 5.74) is 0.954. The van der Waals surface area contributed by atoms with Gasteiger partial charge in [0.1, 0.15) is 0 Å². The lowest BCUT2D eigenvalue weighted by Crippen LogP contribution is -2.26. The van der Waals surface area contributed by atoms with E-state index < -0.39 is 11.8 Å². The molecule has 0 radical (unpaired) electrons. The monoisotopic (exact) mass is 207 g/mol. The predicted molar refractivity (Wildman–Crippen MR) is 50.9 cm³/mol. The number of carbonyl (C=O) groups is 2. The molecule has 0 bridgehead atoms. The summed E-state index contributed by atoms with van der Waals surface area (Å²) in [5, 5.41) is 4.62. The molecule has 0 unspecified atom stereocenters. The predicted octanol–water partition coefficient (Wildman–Crippen LogP) is -1.45. The molecule has 1 aromatic heterocycles. The summed E-state index contributed by atoms with van der Waals surface area (Å²) in [6, 6.07) is 0. The molecule has 0 saturated carbocycles. The smallest absolute Gasteiger partial charge is 0.316 e. The fourth-order valence-electron chi connectivity index (χ4n) is 1.15. The van der Waals surface area contributed by atoms with E-state index in [9.17, 15) is 9.59 Å². The highest BCUT2D eigenvalue weighted by Gasteiger charge is 2.24. The second-order valence-electron chi connectivity index (χ2n) is 2.97. The normalized spacial score (nSPS) is 15.1. The zero-order valence-corrected chi connectivity index (χ0v) is 7.78. The standard InChI is InChI=1S/C8H9N5O2/c14-6-7(15)13-8(12-6)10-2-1-5-3-9-4-11-5/h3-4H,1-2H2,(H,9,11)(H2,10,12,13,14,15). The van der Waals surface area contributed by atoms with Gasteiger partial charge in [0.2, 0.25) is 5.96 Å². The van der Waals surface area contributed by atoms with Gasteiger partial charge in [0, 0.05) is 24.9 Å². The number of H-pyrrole nitrogens is 1. The average molecular weight is 207 g/mol. The van der Waals surface area contributed by atoms with Gasteiger partial charge in [-0.2, -0.15) is 0 Å². The maximum atomic E-state index is 10.8. The molecule has 1 saturated heterocycles. The summed E-state index contributed by atoms with van der Waals surface area (Å²) in [6.45, 7) is 0.470. The van der Waals surface area contributed by atoms with Crippen LogP contribution >= 0.6 is 0 Å². The van der Waals surface area contributed by atoms with Crippen LogP contribution in [0.5, 0.6) is 0 Å². The molecule has 0 aromatic carbocycles. The first kappa shape index (κ1) is 9.38. The van der Waals surface area contributed by atoms with Gasteiger partial charge in [0.05, 0.1) is 6.33 Å². The Labute approximate surface area is 85.0 Å². The lowest BCUT2D eigenvalue weighted by atomic mass is 10.3. The number of amides is 2. The van der Waals surface area contributed by atoms with Crippen molar-refractivity contribution in [3.63, 3.8) is 0 Å². The molecular weight excluding hydrogens is 198 g/mol. The van der Waals surface area contributed by atoms with Gasteiger partial charge in [-0.05, 0) is 0 Å².